The lowest BCUT2D eigenvalue weighted by atomic mass is 9.86. The Morgan fingerprint density at radius 3 is 1.80 bits per heavy atom. The topological polar surface area (TPSA) is 18.5 Å². The minimum Gasteiger partial charge on any atom is -0.398 e. The van der Waals surface area contributed by atoms with Gasteiger partial charge in [0.15, 0.2) is 0 Å². The first-order chi connectivity index (χ1) is 11.7. The van der Waals surface area contributed by atoms with E-state index in [1.165, 1.54) is 6.08 Å². The number of benzene rings is 2. The van der Waals surface area contributed by atoms with Crippen LogP contribution in [-0.4, -0.2) is 18.3 Å². The fraction of sp³-hybridized carbons (Fsp3) is 0.300. The first-order valence-corrected chi connectivity index (χ1v) is 8.64. The van der Waals surface area contributed by atoms with Crippen LogP contribution in [0.1, 0.15) is 33.3 Å². The van der Waals surface area contributed by atoms with Crippen molar-refractivity contribution in [1.29, 1.82) is 0 Å². The molecular formula is C20H21BClFO2. The van der Waals surface area contributed by atoms with Crippen LogP contribution in [0.15, 0.2) is 54.3 Å². The third kappa shape index (κ3) is 3.81. The van der Waals surface area contributed by atoms with Gasteiger partial charge in [-0.2, -0.15) is 0 Å². The van der Waals surface area contributed by atoms with Gasteiger partial charge in [-0.3, -0.25) is 0 Å². The Kier molecular flexibility index (Phi) is 4.80. The van der Waals surface area contributed by atoms with E-state index in [2.05, 4.69) is 0 Å². The van der Waals surface area contributed by atoms with E-state index in [0.717, 1.165) is 16.7 Å². The lowest BCUT2D eigenvalue weighted by molar-refractivity contribution is 0.00578. The van der Waals surface area contributed by atoms with Crippen LogP contribution in [0.2, 0.25) is 5.02 Å². The van der Waals surface area contributed by atoms with Gasteiger partial charge in [-0.05, 0) is 62.6 Å². The average Bonchev–Trinajstić information content (AvgIpc) is 2.77. The van der Waals surface area contributed by atoms with Crippen molar-refractivity contribution in [3.8, 4) is 11.1 Å². The van der Waals surface area contributed by atoms with Crippen LogP contribution < -0.4 is 0 Å². The van der Waals surface area contributed by atoms with Crippen LogP contribution in [0.5, 0.6) is 0 Å². The number of halogens is 2. The molecule has 130 valence electrons. The summed E-state index contributed by atoms with van der Waals surface area (Å²) in [5.41, 5.74) is 1.32. The minimum atomic E-state index is -0.971. The van der Waals surface area contributed by atoms with Crippen molar-refractivity contribution >= 4 is 24.8 Å². The summed E-state index contributed by atoms with van der Waals surface area (Å²) in [6, 6.07) is 15.3. The van der Waals surface area contributed by atoms with Crippen molar-refractivity contribution in [1.82, 2.24) is 0 Å². The van der Waals surface area contributed by atoms with Crippen LogP contribution in [0.4, 0.5) is 4.39 Å². The summed E-state index contributed by atoms with van der Waals surface area (Å²) in [6.07, 6.45) is 1.45. The van der Waals surface area contributed by atoms with Gasteiger partial charge in [0.25, 0.3) is 0 Å². The molecule has 1 aliphatic rings. The quantitative estimate of drug-likeness (QED) is 0.631. The third-order valence-electron chi connectivity index (χ3n) is 4.87. The molecule has 2 nitrogen and oxygen atoms in total. The largest absolute Gasteiger partial charge is 0.525 e. The zero-order valence-electron chi connectivity index (χ0n) is 14.8. The van der Waals surface area contributed by atoms with Crippen molar-refractivity contribution in [3.05, 3.63) is 64.8 Å². The van der Waals surface area contributed by atoms with Gasteiger partial charge < -0.3 is 9.31 Å². The fourth-order valence-electron chi connectivity index (χ4n) is 2.60. The van der Waals surface area contributed by atoms with Crippen molar-refractivity contribution in [2.45, 2.75) is 38.9 Å². The number of hydrogen-bond acceptors (Lipinski definition) is 2. The monoisotopic (exact) mass is 358 g/mol. The second-order valence-electron chi connectivity index (χ2n) is 7.25. The standard InChI is InChI=1S/C20H21BClFO2/c1-19(2)20(3,4)25-21(24-19)18(23)13-14-5-7-15(8-6-14)16-9-11-17(22)12-10-16/h5-13H,1-4H3. The molecule has 2 aromatic carbocycles. The molecule has 25 heavy (non-hydrogen) atoms. The SMILES string of the molecule is CC1(C)OB(C(F)=Cc2ccc(-c3ccc(Cl)cc3)cc2)OC1(C)C. The molecule has 5 heteroatoms. The first kappa shape index (κ1) is 18.2. The van der Waals surface area contributed by atoms with E-state index in [9.17, 15) is 4.39 Å². The molecule has 0 N–H and O–H groups in total. The van der Waals surface area contributed by atoms with E-state index in [1.807, 2.05) is 76.2 Å². The van der Waals surface area contributed by atoms with Crippen molar-refractivity contribution in [3.63, 3.8) is 0 Å². The predicted molar refractivity (Wildman–Crippen MR) is 102 cm³/mol. The zero-order chi connectivity index (χ0) is 18.2. The molecule has 1 saturated heterocycles. The van der Waals surface area contributed by atoms with E-state index in [-0.39, 0.29) is 0 Å². The highest BCUT2D eigenvalue weighted by atomic mass is 35.5. The van der Waals surface area contributed by atoms with Crippen molar-refractivity contribution in [2.75, 3.05) is 0 Å². The van der Waals surface area contributed by atoms with E-state index >= 15 is 0 Å². The highest BCUT2D eigenvalue weighted by Crippen LogP contribution is 2.39. The molecule has 0 radical (unpaired) electrons. The smallest absolute Gasteiger partial charge is 0.398 e. The summed E-state index contributed by atoms with van der Waals surface area (Å²) in [5.74, 6) is 0. The van der Waals surface area contributed by atoms with E-state index in [0.29, 0.717) is 5.02 Å². The Bertz CT molecular complexity index is 766. The van der Waals surface area contributed by atoms with Gasteiger partial charge in [-0.1, -0.05) is 48.0 Å². The number of rotatable bonds is 3. The van der Waals surface area contributed by atoms with Gasteiger partial charge in [0.2, 0.25) is 0 Å². The molecule has 0 bridgehead atoms. The lowest BCUT2D eigenvalue weighted by Crippen LogP contribution is -2.41. The Labute approximate surface area is 153 Å². The Morgan fingerprint density at radius 1 is 0.880 bits per heavy atom. The van der Waals surface area contributed by atoms with Crippen LogP contribution in [-0.2, 0) is 9.31 Å². The van der Waals surface area contributed by atoms with E-state index in [4.69, 9.17) is 20.9 Å². The third-order valence-corrected chi connectivity index (χ3v) is 5.12. The van der Waals surface area contributed by atoms with Gasteiger partial charge in [-0.25, -0.2) is 4.39 Å². The van der Waals surface area contributed by atoms with Gasteiger partial charge >= 0.3 is 7.12 Å². The molecule has 0 amide bonds. The minimum absolute atomic E-state index is 0.433. The predicted octanol–water partition coefficient (Wildman–Crippen LogP) is 5.95. The van der Waals surface area contributed by atoms with Gasteiger partial charge in [0.05, 0.1) is 11.2 Å². The highest BCUT2D eigenvalue weighted by Gasteiger charge is 2.53. The van der Waals surface area contributed by atoms with Crippen molar-refractivity contribution < 1.29 is 13.7 Å². The van der Waals surface area contributed by atoms with Crippen LogP contribution in [0.3, 0.4) is 0 Å². The molecule has 0 saturated carbocycles. The van der Waals surface area contributed by atoms with Gasteiger partial charge in [0, 0.05) is 5.02 Å². The molecule has 1 fully saturated rings. The highest BCUT2D eigenvalue weighted by molar-refractivity contribution is 6.54. The molecule has 3 rings (SSSR count). The Balaban J connectivity index is 1.77. The van der Waals surface area contributed by atoms with Crippen LogP contribution >= 0.6 is 11.6 Å². The molecule has 0 aromatic heterocycles. The molecule has 1 aliphatic heterocycles. The van der Waals surface area contributed by atoms with E-state index in [1.54, 1.807) is 0 Å². The summed E-state index contributed by atoms with van der Waals surface area (Å²) < 4.78 is 26.0. The Morgan fingerprint density at radius 2 is 1.32 bits per heavy atom. The Hall–Kier alpha value is -1.62. The molecule has 0 unspecified atom stereocenters. The molecule has 2 aromatic rings. The zero-order valence-corrected chi connectivity index (χ0v) is 15.6. The molecule has 0 aliphatic carbocycles. The maximum atomic E-state index is 14.5. The second-order valence-corrected chi connectivity index (χ2v) is 7.68. The summed E-state index contributed by atoms with van der Waals surface area (Å²) >= 11 is 5.91. The fourth-order valence-corrected chi connectivity index (χ4v) is 2.72. The second kappa shape index (κ2) is 6.60. The van der Waals surface area contributed by atoms with Crippen LogP contribution in [0, 0.1) is 0 Å². The normalized spacial score (nSPS) is 19.3. The maximum absolute atomic E-state index is 14.5. The summed E-state index contributed by atoms with van der Waals surface area (Å²) in [7, 11) is -0.971. The molecular weight excluding hydrogens is 337 g/mol. The number of hydrogen-bond donors (Lipinski definition) is 0. The lowest BCUT2D eigenvalue weighted by Gasteiger charge is -2.32. The summed E-state index contributed by atoms with van der Waals surface area (Å²) in [6.45, 7) is 7.62. The van der Waals surface area contributed by atoms with Crippen molar-refractivity contribution in [2.24, 2.45) is 0 Å². The maximum Gasteiger partial charge on any atom is 0.525 e. The van der Waals surface area contributed by atoms with E-state index < -0.39 is 24.0 Å². The summed E-state index contributed by atoms with van der Waals surface area (Å²) in [4.78, 5) is 0. The first-order valence-electron chi connectivity index (χ1n) is 8.27. The molecule has 1 heterocycles. The molecule has 0 spiro atoms. The van der Waals surface area contributed by atoms with Gasteiger partial charge in [0.1, 0.15) is 5.73 Å². The average molecular weight is 359 g/mol. The van der Waals surface area contributed by atoms with Gasteiger partial charge in [-0.15, -0.1) is 0 Å². The molecule has 0 atom stereocenters. The summed E-state index contributed by atoms with van der Waals surface area (Å²) in [5, 5.41) is 0.702. The van der Waals surface area contributed by atoms with Crippen LogP contribution in [0.25, 0.3) is 17.2 Å².